The Morgan fingerprint density at radius 3 is 3.00 bits per heavy atom. The molecule has 1 aromatic carbocycles. The van der Waals surface area contributed by atoms with Crippen LogP contribution in [0.25, 0.3) is 0 Å². The Morgan fingerprint density at radius 2 is 2.14 bits per heavy atom. The van der Waals surface area contributed by atoms with Crippen molar-refractivity contribution in [2.75, 3.05) is 32.8 Å². The maximum absolute atomic E-state index is 10.8. The quantitative estimate of drug-likeness (QED) is 0.910. The van der Waals surface area contributed by atoms with Crippen molar-refractivity contribution in [3.63, 3.8) is 0 Å². The van der Waals surface area contributed by atoms with Crippen molar-refractivity contribution >= 4 is 5.97 Å². The first-order valence-corrected chi connectivity index (χ1v) is 7.47. The lowest BCUT2D eigenvalue weighted by molar-refractivity contribution is -0.142. The van der Waals surface area contributed by atoms with Gasteiger partial charge in [-0.15, -0.1) is 0 Å². The molecule has 0 radical (unpaired) electrons. The Morgan fingerprint density at radius 1 is 1.29 bits per heavy atom. The van der Waals surface area contributed by atoms with Crippen LogP contribution in [0.15, 0.2) is 24.3 Å². The van der Waals surface area contributed by atoms with Gasteiger partial charge in [-0.3, -0.25) is 9.69 Å². The van der Waals surface area contributed by atoms with Gasteiger partial charge in [0.25, 0.3) is 0 Å². The van der Waals surface area contributed by atoms with Gasteiger partial charge in [-0.25, -0.2) is 0 Å². The first kappa shape index (κ1) is 14.5. The summed E-state index contributed by atoms with van der Waals surface area (Å²) in [5.74, 6) is -0.805. The highest BCUT2D eigenvalue weighted by Crippen LogP contribution is 2.28. The molecule has 114 valence electrons. The van der Waals surface area contributed by atoms with Crippen molar-refractivity contribution in [2.24, 2.45) is 0 Å². The lowest BCUT2D eigenvalue weighted by Gasteiger charge is -2.36. The number of fused-ring (bicyclic) bond motifs is 1. The molecule has 1 saturated heterocycles. The molecule has 3 rings (SSSR count). The molecule has 2 unspecified atom stereocenters. The molecule has 1 fully saturated rings. The number of carboxylic acid groups (broad SMARTS) is 1. The average molecular weight is 291 g/mol. The fourth-order valence-corrected chi connectivity index (χ4v) is 3.13. The molecule has 0 amide bonds. The zero-order chi connectivity index (χ0) is 14.7. The Balaban J connectivity index is 1.63. The molecule has 1 N–H and O–H groups in total. The highest BCUT2D eigenvalue weighted by Gasteiger charge is 2.27. The van der Waals surface area contributed by atoms with Gasteiger partial charge in [0.2, 0.25) is 0 Å². The van der Waals surface area contributed by atoms with Crippen LogP contribution < -0.4 is 0 Å². The van der Waals surface area contributed by atoms with Crippen molar-refractivity contribution < 1.29 is 19.4 Å². The molecule has 2 aliphatic heterocycles. The number of hydrogen-bond acceptors (Lipinski definition) is 4. The number of ether oxygens (including phenoxy) is 2. The Kier molecular flexibility index (Phi) is 4.53. The molecule has 5 nitrogen and oxygen atoms in total. The first-order chi connectivity index (χ1) is 10.2. The first-order valence-electron chi connectivity index (χ1n) is 7.47. The second-order valence-electron chi connectivity index (χ2n) is 5.66. The van der Waals surface area contributed by atoms with Gasteiger partial charge < -0.3 is 14.6 Å². The fourth-order valence-electron chi connectivity index (χ4n) is 3.13. The maximum atomic E-state index is 10.8. The van der Waals surface area contributed by atoms with E-state index in [4.69, 9.17) is 14.6 Å². The summed E-state index contributed by atoms with van der Waals surface area (Å²) in [7, 11) is 0. The van der Waals surface area contributed by atoms with Gasteiger partial charge in [0.1, 0.15) is 0 Å². The predicted octanol–water partition coefficient (Wildman–Crippen LogP) is 1.48. The van der Waals surface area contributed by atoms with Gasteiger partial charge in [0, 0.05) is 19.6 Å². The van der Waals surface area contributed by atoms with E-state index in [0.29, 0.717) is 13.2 Å². The Bertz CT molecular complexity index is 505. The molecule has 2 heterocycles. The summed E-state index contributed by atoms with van der Waals surface area (Å²) in [5, 5.41) is 8.88. The molecule has 0 spiro atoms. The minimum atomic E-state index is -0.805. The van der Waals surface area contributed by atoms with E-state index in [1.807, 2.05) is 6.07 Å². The van der Waals surface area contributed by atoms with Crippen molar-refractivity contribution in [1.29, 1.82) is 0 Å². The topological polar surface area (TPSA) is 59.0 Å². The van der Waals surface area contributed by atoms with E-state index in [0.717, 1.165) is 26.1 Å². The van der Waals surface area contributed by atoms with Crippen LogP contribution in [-0.2, 0) is 20.7 Å². The van der Waals surface area contributed by atoms with E-state index in [1.165, 1.54) is 11.1 Å². The van der Waals surface area contributed by atoms with Crippen LogP contribution in [0, 0.1) is 0 Å². The summed E-state index contributed by atoms with van der Waals surface area (Å²) in [6.07, 6.45) is 0.907. The Labute approximate surface area is 124 Å². The number of benzene rings is 1. The molecular formula is C16H21NO4. The second kappa shape index (κ2) is 6.56. The molecule has 0 saturated carbocycles. The van der Waals surface area contributed by atoms with Gasteiger partial charge in [-0.05, 0) is 17.5 Å². The van der Waals surface area contributed by atoms with Crippen LogP contribution in [0.4, 0.5) is 0 Å². The van der Waals surface area contributed by atoms with Crippen LogP contribution in [0.1, 0.15) is 23.7 Å². The van der Waals surface area contributed by atoms with Crippen molar-refractivity contribution in [3.8, 4) is 0 Å². The van der Waals surface area contributed by atoms with Gasteiger partial charge in [-0.1, -0.05) is 24.3 Å². The molecule has 0 aromatic heterocycles. The number of nitrogens with zero attached hydrogens (tertiary/aromatic N) is 1. The van der Waals surface area contributed by atoms with Crippen LogP contribution in [0.2, 0.25) is 0 Å². The van der Waals surface area contributed by atoms with E-state index < -0.39 is 5.97 Å². The zero-order valence-electron chi connectivity index (χ0n) is 12.0. The van der Waals surface area contributed by atoms with Gasteiger partial charge in [0.15, 0.2) is 0 Å². The molecule has 5 heteroatoms. The Hall–Kier alpha value is -1.43. The largest absolute Gasteiger partial charge is 0.481 e. The van der Waals surface area contributed by atoms with Crippen molar-refractivity contribution in [2.45, 2.75) is 25.0 Å². The highest BCUT2D eigenvalue weighted by molar-refractivity contribution is 5.67. The van der Waals surface area contributed by atoms with Crippen molar-refractivity contribution in [1.82, 2.24) is 4.90 Å². The number of carboxylic acids is 1. The average Bonchev–Trinajstić information content (AvgIpc) is 2.47. The zero-order valence-corrected chi connectivity index (χ0v) is 12.0. The highest BCUT2D eigenvalue weighted by atomic mass is 16.5. The summed E-state index contributed by atoms with van der Waals surface area (Å²) in [6.45, 7) is 3.64. The van der Waals surface area contributed by atoms with Crippen LogP contribution in [-0.4, -0.2) is 54.9 Å². The molecule has 21 heavy (non-hydrogen) atoms. The monoisotopic (exact) mass is 291 g/mol. The number of aliphatic carboxylic acids is 1. The summed E-state index contributed by atoms with van der Waals surface area (Å²) < 4.78 is 11.4. The minimum Gasteiger partial charge on any atom is -0.481 e. The maximum Gasteiger partial charge on any atom is 0.306 e. The normalized spacial score (nSPS) is 26.3. The fraction of sp³-hybridized carbons (Fsp3) is 0.562. The van der Waals surface area contributed by atoms with E-state index in [-0.39, 0.29) is 18.6 Å². The van der Waals surface area contributed by atoms with Crippen molar-refractivity contribution in [3.05, 3.63) is 35.4 Å². The third-order valence-corrected chi connectivity index (χ3v) is 4.14. The lowest BCUT2D eigenvalue weighted by Crippen LogP contribution is -2.45. The molecular weight excluding hydrogens is 270 g/mol. The van der Waals surface area contributed by atoms with E-state index >= 15 is 0 Å². The standard InChI is InChI=1S/C16H21NO4/c18-16(19)9-13-10-17(6-8-20-13)11-15-14-4-2-1-3-12(14)5-7-21-15/h1-4,13,15H,5-11H2,(H,18,19). The molecule has 0 bridgehead atoms. The number of hydrogen-bond donors (Lipinski definition) is 1. The number of rotatable bonds is 4. The summed E-state index contributed by atoms with van der Waals surface area (Å²) in [6, 6.07) is 8.41. The van der Waals surface area contributed by atoms with Gasteiger partial charge in [-0.2, -0.15) is 0 Å². The summed E-state index contributed by atoms with van der Waals surface area (Å²) in [5.41, 5.74) is 2.63. The third kappa shape index (κ3) is 3.61. The molecule has 1 aromatic rings. The van der Waals surface area contributed by atoms with Crippen LogP contribution in [0.5, 0.6) is 0 Å². The molecule has 2 atom stereocenters. The van der Waals surface area contributed by atoms with Gasteiger partial charge >= 0.3 is 5.97 Å². The van der Waals surface area contributed by atoms with E-state index in [2.05, 4.69) is 23.1 Å². The predicted molar refractivity (Wildman–Crippen MR) is 77.3 cm³/mol. The lowest BCUT2D eigenvalue weighted by atomic mass is 9.97. The second-order valence-corrected chi connectivity index (χ2v) is 5.66. The van der Waals surface area contributed by atoms with Crippen LogP contribution in [0.3, 0.4) is 0 Å². The smallest absolute Gasteiger partial charge is 0.306 e. The van der Waals surface area contributed by atoms with E-state index in [9.17, 15) is 4.79 Å². The minimum absolute atomic E-state index is 0.0681. The third-order valence-electron chi connectivity index (χ3n) is 4.14. The number of morpholine rings is 1. The van der Waals surface area contributed by atoms with E-state index in [1.54, 1.807) is 0 Å². The number of carbonyl (C=O) groups is 1. The SMILES string of the molecule is O=C(O)CC1CN(CC2OCCc3ccccc32)CCO1. The van der Waals surface area contributed by atoms with Gasteiger partial charge in [0.05, 0.1) is 31.8 Å². The molecule has 0 aliphatic carbocycles. The molecule has 2 aliphatic rings. The summed E-state index contributed by atoms with van der Waals surface area (Å²) in [4.78, 5) is 13.1. The van der Waals surface area contributed by atoms with Crippen LogP contribution >= 0.6 is 0 Å². The summed E-state index contributed by atoms with van der Waals surface area (Å²) >= 11 is 0.